The van der Waals surface area contributed by atoms with Crippen LogP contribution in [0.3, 0.4) is 0 Å². The molecule has 1 saturated heterocycles. The molecule has 2 N–H and O–H groups in total. The minimum atomic E-state index is -0.394. The number of thioether (sulfide) groups is 1. The van der Waals surface area contributed by atoms with Gasteiger partial charge in [-0.3, -0.25) is 9.59 Å². The first-order valence-electron chi connectivity index (χ1n) is 8.41. The maximum absolute atomic E-state index is 12.8. The van der Waals surface area contributed by atoms with Crippen molar-refractivity contribution in [1.82, 2.24) is 10.2 Å². The summed E-state index contributed by atoms with van der Waals surface area (Å²) in [5, 5.41) is 7.07. The Kier molecular flexibility index (Phi) is 7.13. The molecule has 0 unspecified atom stereocenters. The molecular weight excluding hydrogens is 342 g/mol. The summed E-state index contributed by atoms with van der Waals surface area (Å²) in [6, 6.07) is 1.66. The second-order valence-corrected chi connectivity index (χ2v) is 8.76. The molecule has 1 fully saturated rings. The third kappa shape index (κ3) is 4.97. The van der Waals surface area contributed by atoms with Gasteiger partial charge in [0.15, 0.2) is 0 Å². The summed E-state index contributed by atoms with van der Waals surface area (Å²) in [7, 11) is 4.12. The molecule has 0 aromatic carbocycles. The van der Waals surface area contributed by atoms with Gasteiger partial charge in [0.25, 0.3) is 0 Å². The summed E-state index contributed by atoms with van der Waals surface area (Å²) in [5.41, 5.74) is 1.12. The molecule has 0 bridgehead atoms. The van der Waals surface area contributed by atoms with Crippen LogP contribution in [0, 0.1) is 5.92 Å². The Hall–Kier alpha value is -1.05. The van der Waals surface area contributed by atoms with Crippen LogP contribution in [-0.4, -0.2) is 55.7 Å². The summed E-state index contributed by atoms with van der Waals surface area (Å²) in [5.74, 6) is 0.836. The van der Waals surface area contributed by atoms with E-state index >= 15 is 0 Å². The normalized spacial score (nSPS) is 19.3. The van der Waals surface area contributed by atoms with Crippen molar-refractivity contribution in [3.63, 3.8) is 0 Å². The van der Waals surface area contributed by atoms with Crippen molar-refractivity contribution in [3.8, 4) is 0 Å². The lowest BCUT2D eigenvalue weighted by atomic mass is 10.0. The van der Waals surface area contributed by atoms with Gasteiger partial charge >= 0.3 is 0 Å². The van der Waals surface area contributed by atoms with Gasteiger partial charge in [-0.05, 0) is 34.7 Å². The van der Waals surface area contributed by atoms with E-state index in [2.05, 4.69) is 38.6 Å². The van der Waals surface area contributed by atoms with E-state index in [-0.39, 0.29) is 17.2 Å². The summed E-state index contributed by atoms with van der Waals surface area (Å²) in [6.07, 6.45) is 0.688. The molecule has 1 aromatic heterocycles. The van der Waals surface area contributed by atoms with Crippen molar-refractivity contribution in [2.45, 2.75) is 31.7 Å². The number of quaternary nitrogens is 1. The van der Waals surface area contributed by atoms with E-state index in [0.29, 0.717) is 24.6 Å². The highest BCUT2D eigenvalue weighted by molar-refractivity contribution is 8.00. The van der Waals surface area contributed by atoms with Gasteiger partial charge in [0.2, 0.25) is 11.8 Å². The molecule has 5 nitrogen and oxygen atoms in total. The first kappa shape index (κ1) is 19.3. The average molecular weight is 371 g/mol. The number of thiophene rings is 1. The van der Waals surface area contributed by atoms with Crippen molar-refractivity contribution in [1.29, 1.82) is 0 Å². The summed E-state index contributed by atoms with van der Waals surface area (Å²) < 4.78 is 0. The zero-order valence-electron chi connectivity index (χ0n) is 14.9. The molecule has 2 atom stereocenters. The highest BCUT2D eigenvalue weighted by atomic mass is 32.2. The van der Waals surface area contributed by atoms with Gasteiger partial charge in [0, 0.05) is 0 Å². The number of nitrogens with one attached hydrogen (secondary N) is 2. The van der Waals surface area contributed by atoms with Gasteiger partial charge in [-0.2, -0.15) is 11.3 Å². The lowest BCUT2D eigenvalue weighted by Crippen LogP contribution is -3.06. The number of hydrogen-bond donors (Lipinski definition) is 2. The monoisotopic (exact) mass is 370 g/mol. The van der Waals surface area contributed by atoms with Gasteiger partial charge < -0.3 is 15.1 Å². The quantitative estimate of drug-likeness (QED) is 0.718. The van der Waals surface area contributed by atoms with Crippen LogP contribution in [0.5, 0.6) is 0 Å². The molecule has 1 aliphatic rings. The number of nitrogens with zero attached hydrogens (tertiary/aromatic N) is 1. The lowest BCUT2D eigenvalue weighted by Gasteiger charge is -2.32. The number of amides is 2. The fourth-order valence-corrected chi connectivity index (χ4v) is 4.77. The van der Waals surface area contributed by atoms with Crippen LogP contribution in [0.15, 0.2) is 16.8 Å². The van der Waals surface area contributed by atoms with Gasteiger partial charge in [0.05, 0.1) is 32.9 Å². The maximum Gasteiger partial charge on any atom is 0.243 e. The van der Waals surface area contributed by atoms with Crippen LogP contribution in [-0.2, 0) is 9.59 Å². The molecule has 2 amide bonds. The zero-order valence-corrected chi connectivity index (χ0v) is 16.5. The van der Waals surface area contributed by atoms with Crippen molar-refractivity contribution >= 4 is 34.9 Å². The second-order valence-electron chi connectivity index (χ2n) is 6.91. The van der Waals surface area contributed by atoms with Crippen LogP contribution in [0.2, 0.25) is 0 Å². The minimum Gasteiger partial charge on any atom is -0.349 e. The van der Waals surface area contributed by atoms with Gasteiger partial charge in [0.1, 0.15) is 11.4 Å². The van der Waals surface area contributed by atoms with E-state index in [0.717, 1.165) is 12.1 Å². The third-order valence-electron chi connectivity index (χ3n) is 3.99. The fraction of sp³-hybridized carbons (Fsp3) is 0.647. The number of carbonyl (C=O) groups is 2. The highest BCUT2D eigenvalue weighted by Gasteiger charge is 2.41. The molecule has 0 aliphatic carbocycles. The standard InChI is InChI=1S/C17H27N3O2S2/c1-12(2)9-14(16(22)18-6-7-19(3)4)20-15(21)11-24-17(20)13-5-8-23-10-13/h5,8,10,12,14,17H,6-7,9,11H2,1-4H3,(H,18,22)/p+1/t14-,17-/m1/s1. The third-order valence-corrected chi connectivity index (χ3v) is 5.92. The van der Waals surface area contributed by atoms with Crippen LogP contribution in [0.25, 0.3) is 0 Å². The van der Waals surface area contributed by atoms with Crippen LogP contribution in [0.1, 0.15) is 31.2 Å². The molecule has 0 spiro atoms. The largest absolute Gasteiger partial charge is 0.349 e. The molecular formula is C17H28N3O2S2+. The van der Waals surface area contributed by atoms with Crippen LogP contribution >= 0.6 is 23.1 Å². The van der Waals surface area contributed by atoms with Gasteiger partial charge in [-0.25, -0.2) is 0 Å². The summed E-state index contributed by atoms with van der Waals surface area (Å²) in [6.45, 7) is 5.69. The topological polar surface area (TPSA) is 53.9 Å². The number of hydrogen-bond acceptors (Lipinski definition) is 4. The number of likely N-dealkylation sites (N-methyl/N-ethyl adjacent to an activating group) is 1. The van der Waals surface area contributed by atoms with Crippen molar-refractivity contribution in [2.75, 3.05) is 32.9 Å². The fourth-order valence-electron chi connectivity index (χ4n) is 2.79. The Morgan fingerprint density at radius 2 is 2.21 bits per heavy atom. The SMILES string of the molecule is CC(C)C[C@H](C(=O)NCC[NH+](C)C)N1C(=O)CS[C@@H]1c1ccsc1. The number of rotatable bonds is 8. The van der Waals surface area contributed by atoms with Crippen LogP contribution in [0.4, 0.5) is 0 Å². The summed E-state index contributed by atoms with van der Waals surface area (Å²) in [4.78, 5) is 28.4. The van der Waals surface area contributed by atoms with E-state index in [1.165, 1.54) is 4.90 Å². The van der Waals surface area contributed by atoms with E-state index < -0.39 is 6.04 Å². The van der Waals surface area contributed by atoms with E-state index in [4.69, 9.17) is 0 Å². The molecule has 1 aliphatic heterocycles. The van der Waals surface area contributed by atoms with Crippen molar-refractivity contribution in [3.05, 3.63) is 22.4 Å². The molecule has 1 aromatic rings. The Labute approximate surface area is 152 Å². The van der Waals surface area contributed by atoms with Gasteiger partial charge in [-0.1, -0.05) is 13.8 Å². The highest BCUT2D eigenvalue weighted by Crippen LogP contribution is 2.41. The smallest absolute Gasteiger partial charge is 0.243 e. The molecule has 2 rings (SSSR count). The molecule has 0 radical (unpaired) electrons. The molecule has 134 valence electrons. The summed E-state index contributed by atoms with van der Waals surface area (Å²) >= 11 is 3.24. The first-order chi connectivity index (χ1) is 11.4. The van der Waals surface area contributed by atoms with Crippen molar-refractivity contribution < 1.29 is 14.5 Å². The molecule has 24 heavy (non-hydrogen) atoms. The predicted octanol–water partition coefficient (Wildman–Crippen LogP) is 0.998. The average Bonchev–Trinajstić information content (AvgIpc) is 3.13. The van der Waals surface area contributed by atoms with Crippen molar-refractivity contribution in [2.24, 2.45) is 5.92 Å². The predicted molar refractivity (Wildman–Crippen MR) is 100 cm³/mol. The van der Waals surface area contributed by atoms with Crippen LogP contribution < -0.4 is 10.2 Å². The van der Waals surface area contributed by atoms with E-state index in [9.17, 15) is 9.59 Å². The maximum atomic E-state index is 12.8. The van der Waals surface area contributed by atoms with E-state index in [1.807, 2.05) is 16.3 Å². The van der Waals surface area contributed by atoms with E-state index in [1.54, 1.807) is 23.1 Å². The minimum absolute atomic E-state index is 0.0268. The van der Waals surface area contributed by atoms with Gasteiger partial charge in [-0.15, -0.1) is 11.8 Å². The first-order valence-corrected chi connectivity index (χ1v) is 10.4. The lowest BCUT2D eigenvalue weighted by molar-refractivity contribution is -0.856. The molecule has 0 saturated carbocycles. The zero-order chi connectivity index (χ0) is 17.7. The Morgan fingerprint density at radius 3 is 2.79 bits per heavy atom. The molecule has 2 heterocycles. The Bertz CT molecular complexity index is 546. The Balaban J connectivity index is 2.15. The molecule has 7 heteroatoms. The number of carbonyl (C=O) groups excluding carboxylic acids is 2. The Morgan fingerprint density at radius 1 is 1.46 bits per heavy atom. The second kappa shape index (κ2) is 8.87.